The van der Waals surface area contributed by atoms with E-state index in [0.717, 1.165) is 11.2 Å². The summed E-state index contributed by atoms with van der Waals surface area (Å²) in [5.74, 6) is 0. The molecule has 48 valence electrons. The Morgan fingerprint density at radius 3 is 3.22 bits per heavy atom. The second-order valence-corrected chi connectivity index (χ2v) is 2.13. The topological polar surface area (TPSA) is 23.2 Å². The molecule has 0 aromatic carbocycles. The molecule has 0 bridgehead atoms. The van der Waals surface area contributed by atoms with Crippen LogP contribution in [-0.4, -0.2) is 16.2 Å². The quantitative estimate of drug-likeness (QED) is 0.382. The molecule has 0 amide bonds. The van der Waals surface area contributed by atoms with Gasteiger partial charge in [0.15, 0.2) is 0 Å². The van der Waals surface area contributed by atoms with E-state index in [-0.39, 0.29) is 0 Å². The van der Waals surface area contributed by atoms with E-state index in [1.165, 1.54) is 5.57 Å². The van der Waals surface area contributed by atoms with Crippen molar-refractivity contribution < 1.29 is 9.95 Å². The van der Waals surface area contributed by atoms with E-state index >= 15 is 0 Å². The molecule has 0 fully saturated rings. The number of hydroxylamine groups is 1. The molecule has 0 aromatic heterocycles. The summed E-state index contributed by atoms with van der Waals surface area (Å²) >= 11 is 0. The lowest BCUT2D eigenvalue weighted by atomic mass is 10.2. The number of rotatable bonds is 0. The molecule has 0 aliphatic carbocycles. The van der Waals surface area contributed by atoms with Crippen molar-refractivity contribution in [3.05, 3.63) is 23.9 Å². The first-order chi connectivity index (χ1) is 4.29. The Morgan fingerprint density at radius 1 is 1.67 bits per heavy atom. The zero-order chi connectivity index (χ0) is 6.69. The molecule has 0 spiro atoms. The molecule has 2 nitrogen and oxygen atoms in total. The van der Waals surface area contributed by atoms with Gasteiger partial charge in [0.25, 0.3) is 0 Å². The highest BCUT2D eigenvalue weighted by molar-refractivity contribution is 5.67. The zero-order valence-corrected chi connectivity index (χ0v) is 5.41. The lowest BCUT2D eigenvalue weighted by molar-refractivity contribution is -0.721. The standard InChI is InChI=1S/C7H10NO/c1-7-3-2-5-8(9)6-4-7/h2,4-6,9H,3H2,1H3/q+1. The number of hydrogen-bond acceptors (Lipinski definition) is 1. The number of hydrogen-bond donors (Lipinski definition) is 1. The summed E-state index contributed by atoms with van der Waals surface area (Å²) in [4.78, 5) is 0. The Labute approximate surface area is 54.4 Å². The third-order valence-corrected chi connectivity index (χ3v) is 1.21. The largest absolute Gasteiger partial charge is 0.285 e. The lowest BCUT2D eigenvalue weighted by Gasteiger charge is -1.83. The maximum Gasteiger partial charge on any atom is 0.222 e. The fraction of sp³-hybridized carbons (Fsp3) is 0.286. The maximum absolute atomic E-state index is 8.85. The van der Waals surface area contributed by atoms with Crippen LogP contribution in [0.1, 0.15) is 13.3 Å². The summed E-state index contributed by atoms with van der Waals surface area (Å²) in [5, 5.41) is 8.85. The smallest absolute Gasteiger partial charge is 0.222 e. The van der Waals surface area contributed by atoms with Gasteiger partial charge in [0, 0.05) is 10.8 Å². The minimum absolute atomic E-state index is 0.924. The van der Waals surface area contributed by atoms with Crippen LogP contribution in [0.4, 0.5) is 0 Å². The highest BCUT2D eigenvalue weighted by Gasteiger charge is 1.96. The summed E-state index contributed by atoms with van der Waals surface area (Å²) in [6.07, 6.45) is 7.98. The van der Waals surface area contributed by atoms with Crippen LogP contribution < -0.4 is 0 Å². The van der Waals surface area contributed by atoms with Gasteiger partial charge in [-0.1, -0.05) is 5.57 Å². The number of nitrogens with zero attached hydrogens (tertiary/aromatic N) is 1. The monoisotopic (exact) mass is 124 g/mol. The van der Waals surface area contributed by atoms with Crippen LogP contribution in [0, 0.1) is 0 Å². The Morgan fingerprint density at radius 2 is 2.44 bits per heavy atom. The highest BCUT2D eigenvalue weighted by Crippen LogP contribution is 2.01. The molecule has 0 unspecified atom stereocenters. The van der Waals surface area contributed by atoms with Crippen LogP contribution in [0.15, 0.2) is 23.9 Å². The number of allylic oxidation sites excluding steroid dienone is 3. The molecule has 0 atom stereocenters. The molecule has 0 aromatic rings. The van der Waals surface area contributed by atoms with E-state index in [9.17, 15) is 0 Å². The van der Waals surface area contributed by atoms with Gasteiger partial charge in [-0.2, -0.15) is 0 Å². The highest BCUT2D eigenvalue weighted by atomic mass is 16.5. The second-order valence-electron chi connectivity index (χ2n) is 2.13. The minimum atomic E-state index is 0.924. The molecule has 1 heterocycles. The lowest BCUT2D eigenvalue weighted by Crippen LogP contribution is -1.94. The Bertz CT molecular complexity index is 189. The van der Waals surface area contributed by atoms with Gasteiger partial charge in [0.1, 0.15) is 0 Å². The van der Waals surface area contributed by atoms with E-state index in [1.807, 2.05) is 19.1 Å². The molecule has 1 rings (SSSR count). The van der Waals surface area contributed by atoms with E-state index < -0.39 is 0 Å². The van der Waals surface area contributed by atoms with Crippen molar-refractivity contribution in [3.8, 4) is 0 Å². The van der Waals surface area contributed by atoms with Gasteiger partial charge in [0.2, 0.25) is 12.4 Å². The van der Waals surface area contributed by atoms with Crippen molar-refractivity contribution in [3.63, 3.8) is 0 Å². The maximum atomic E-state index is 8.85. The SMILES string of the molecule is CC1=CC=[N+](O)C=CC1. The van der Waals surface area contributed by atoms with Crippen molar-refractivity contribution in [1.29, 1.82) is 0 Å². The van der Waals surface area contributed by atoms with Gasteiger partial charge in [0.05, 0.1) is 0 Å². The van der Waals surface area contributed by atoms with Gasteiger partial charge in [-0.3, -0.25) is 5.21 Å². The second kappa shape index (κ2) is 2.49. The first-order valence-electron chi connectivity index (χ1n) is 2.93. The van der Waals surface area contributed by atoms with Crippen LogP contribution in [-0.2, 0) is 0 Å². The summed E-state index contributed by atoms with van der Waals surface area (Å²) in [7, 11) is 0. The fourth-order valence-electron chi connectivity index (χ4n) is 0.668. The molecule has 2 heteroatoms. The van der Waals surface area contributed by atoms with Crippen molar-refractivity contribution in [2.45, 2.75) is 13.3 Å². The third kappa shape index (κ3) is 1.72. The summed E-state index contributed by atoms with van der Waals surface area (Å²) in [6, 6.07) is 0. The summed E-state index contributed by atoms with van der Waals surface area (Å²) in [6.45, 7) is 2.03. The van der Waals surface area contributed by atoms with Crippen molar-refractivity contribution >= 4 is 6.21 Å². The Hall–Kier alpha value is -1.05. The third-order valence-electron chi connectivity index (χ3n) is 1.21. The van der Waals surface area contributed by atoms with Crippen LogP contribution in [0.25, 0.3) is 0 Å². The fourth-order valence-corrected chi connectivity index (χ4v) is 0.668. The van der Waals surface area contributed by atoms with Crippen LogP contribution in [0.5, 0.6) is 0 Å². The van der Waals surface area contributed by atoms with Gasteiger partial charge in [-0.05, 0) is 19.4 Å². The van der Waals surface area contributed by atoms with Crippen LogP contribution >= 0.6 is 0 Å². The average Bonchev–Trinajstić information content (AvgIpc) is 1.97. The molecule has 0 saturated heterocycles. The van der Waals surface area contributed by atoms with Crippen molar-refractivity contribution in [1.82, 2.24) is 0 Å². The van der Waals surface area contributed by atoms with Gasteiger partial charge in [-0.15, -0.1) is 0 Å². The van der Waals surface area contributed by atoms with Crippen molar-refractivity contribution in [2.75, 3.05) is 0 Å². The van der Waals surface area contributed by atoms with Crippen LogP contribution in [0.2, 0.25) is 0 Å². The molecule has 9 heavy (non-hydrogen) atoms. The molecule has 0 saturated carbocycles. The predicted octanol–water partition coefficient (Wildman–Crippen LogP) is 1.32. The first-order valence-corrected chi connectivity index (χ1v) is 2.93. The molecule has 0 radical (unpaired) electrons. The van der Waals surface area contributed by atoms with Gasteiger partial charge >= 0.3 is 0 Å². The van der Waals surface area contributed by atoms with Gasteiger partial charge < -0.3 is 0 Å². The molecular formula is C7H10NO+. The Balaban J connectivity index is 2.80. The first kappa shape index (κ1) is 6.08. The molecule has 1 aliphatic heterocycles. The Kier molecular flexibility index (Phi) is 1.68. The molecule has 1 aliphatic rings. The van der Waals surface area contributed by atoms with E-state index in [0.29, 0.717) is 0 Å². The normalized spacial score (nSPS) is 18.3. The average molecular weight is 124 g/mol. The summed E-state index contributed by atoms with van der Waals surface area (Å²) in [5.41, 5.74) is 1.25. The summed E-state index contributed by atoms with van der Waals surface area (Å²) < 4.78 is 1.05. The van der Waals surface area contributed by atoms with E-state index in [2.05, 4.69) is 0 Å². The molecular weight excluding hydrogens is 114 g/mol. The van der Waals surface area contributed by atoms with Crippen molar-refractivity contribution in [2.24, 2.45) is 0 Å². The minimum Gasteiger partial charge on any atom is -0.285 e. The van der Waals surface area contributed by atoms with E-state index in [1.54, 1.807) is 12.4 Å². The van der Waals surface area contributed by atoms with Gasteiger partial charge in [-0.25, -0.2) is 0 Å². The van der Waals surface area contributed by atoms with Crippen LogP contribution in [0.3, 0.4) is 0 Å². The predicted molar refractivity (Wildman–Crippen MR) is 35.6 cm³/mol. The van der Waals surface area contributed by atoms with E-state index in [4.69, 9.17) is 5.21 Å². The zero-order valence-electron chi connectivity index (χ0n) is 5.41. The molecule has 1 N–H and O–H groups in total.